The zero-order valence-corrected chi connectivity index (χ0v) is 13.8. The Hall–Kier alpha value is -1.93. The molecule has 114 valence electrons. The van der Waals surface area contributed by atoms with Gasteiger partial charge in [0.1, 0.15) is 24.9 Å². The van der Waals surface area contributed by atoms with Crippen LogP contribution in [0.5, 0.6) is 5.75 Å². The quantitative estimate of drug-likeness (QED) is 0.672. The molecule has 0 fully saturated rings. The fraction of sp³-hybridized carbons (Fsp3) is 0.231. The molecule has 1 aromatic carbocycles. The largest absolute Gasteiger partial charge is 0.481 e. The van der Waals surface area contributed by atoms with Crippen LogP contribution in [0.3, 0.4) is 0 Å². The van der Waals surface area contributed by atoms with Gasteiger partial charge in [0, 0.05) is 4.47 Å². The molecule has 2 aromatic heterocycles. The van der Waals surface area contributed by atoms with E-state index in [0.29, 0.717) is 29.0 Å². The highest BCUT2D eigenvalue weighted by Gasteiger charge is 2.17. The first-order valence-corrected chi connectivity index (χ1v) is 7.55. The highest BCUT2D eigenvalue weighted by atomic mass is 79.9. The van der Waals surface area contributed by atoms with Crippen LogP contribution in [-0.4, -0.2) is 24.9 Å². The Labute approximate surface area is 139 Å². The van der Waals surface area contributed by atoms with Gasteiger partial charge in [0.2, 0.25) is 11.7 Å². The molecule has 0 aliphatic heterocycles. The monoisotopic (exact) mass is 383 g/mol. The molecule has 0 saturated carbocycles. The van der Waals surface area contributed by atoms with Crippen molar-refractivity contribution in [1.29, 1.82) is 0 Å². The molecule has 0 aliphatic carbocycles. The summed E-state index contributed by atoms with van der Waals surface area (Å²) >= 11 is 9.47. The Bertz CT molecular complexity index is 762. The van der Waals surface area contributed by atoms with E-state index in [1.54, 1.807) is 23.1 Å². The van der Waals surface area contributed by atoms with Crippen molar-refractivity contribution in [2.75, 3.05) is 0 Å². The third kappa shape index (κ3) is 3.45. The van der Waals surface area contributed by atoms with E-state index in [1.807, 2.05) is 13.0 Å². The van der Waals surface area contributed by atoms with Gasteiger partial charge in [-0.15, -0.1) is 0 Å². The molecule has 0 aliphatic rings. The van der Waals surface area contributed by atoms with Gasteiger partial charge < -0.3 is 9.26 Å². The zero-order valence-electron chi connectivity index (χ0n) is 11.5. The lowest BCUT2D eigenvalue weighted by Gasteiger charge is -2.12. The van der Waals surface area contributed by atoms with Gasteiger partial charge in [-0.2, -0.15) is 10.1 Å². The summed E-state index contributed by atoms with van der Waals surface area (Å²) in [4.78, 5) is 8.14. The van der Waals surface area contributed by atoms with E-state index >= 15 is 0 Å². The Morgan fingerprint density at radius 3 is 3.05 bits per heavy atom. The number of hydrogen-bond acceptors (Lipinski definition) is 6. The molecule has 0 radical (unpaired) electrons. The third-order valence-corrected chi connectivity index (χ3v) is 3.60. The van der Waals surface area contributed by atoms with Crippen molar-refractivity contribution < 1.29 is 9.26 Å². The van der Waals surface area contributed by atoms with Crippen LogP contribution in [-0.2, 0) is 6.54 Å². The number of ether oxygens (including phenoxy) is 1. The van der Waals surface area contributed by atoms with Crippen LogP contribution in [0, 0.1) is 0 Å². The Kier molecular flexibility index (Phi) is 4.39. The van der Waals surface area contributed by atoms with E-state index in [1.165, 1.54) is 6.33 Å². The second-order valence-corrected chi connectivity index (χ2v) is 5.80. The fourth-order valence-electron chi connectivity index (χ4n) is 1.76. The molecule has 22 heavy (non-hydrogen) atoms. The smallest absolute Gasteiger partial charge is 0.248 e. The fourth-order valence-corrected chi connectivity index (χ4v) is 2.48. The minimum Gasteiger partial charge on any atom is -0.481 e. The van der Waals surface area contributed by atoms with E-state index in [0.717, 1.165) is 4.47 Å². The number of nitrogens with zero attached hydrogens (tertiary/aromatic N) is 5. The maximum Gasteiger partial charge on any atom is 0.248 e. The average Bonchev–Trinajstić information content (AvgIpc) is 3.14. The first-order chi connectivity index (χ1) is 10.6. The van der Waals surface area contributed by atoms with E-state index in [-0.39, 0.29) is 0 Å². The third-order valence-electron chi connectivity index (χ3n) is 2.81. The number of hydrogen-bond donors (Lipinski definition) is 0. The van der Waals surface area contributed by atoms with Gasteiger partial charge in [-0.3, -0.25) is 0 Å². The molecule has 0 bridgehead atoms. The van der Waals surface area contributed by atoms with Crippen LogP contribution in [0.25, 0.3) is 0 Å². The van der Waals surface area contributed by atoms with Gasteiger partial charge in [0.15, 0.2) is 6.10 Å². The van der Waals surface area contributed by atoms with Crippen LogP contribution in [0.4, 0.5) is 0 Å². The first-order valence-electron chi connectivity index (χ1n) is 6.38. The van der Waals surface area contributed by atoms with Gasteiger partial charge in [0.05, 0.1) is 5.02 Å². The van der Waals surface area contributed by atoms with E-state index < -0.39 is 6.10 Å². The van der Waals surface area contributed by atoms with Crippen molar-refractivity contribution in [3.8, 4) is 5.75 Å². The molecular formula is C13H11BrClN5O2. The molecule has 3 aromatic rings. The van der Waals surface area contributed by atoms with E-state index in [9.17, 15) is 0 Å². The van der Waals surface area contributed by atoms with Crippen LogP contribution in [0.1, 0.15) is 24.7 Å². The lowest BCUT2D eigenvalue weighted by atomic mass is 10.3. The van der Waals surface area contributed by atoms with Crippen LogP contribution in [0.15, 0.2) is 39.8 Å². The summed E-state index contributed by atoms with van der Waals surface area (Å²) in [7, 11) is 0. The number of benzene rings is 1. The van der Waals surface area contributed by atoms with Gasteiger partial charge in [0.25, 0.3) is 0 Å². The SMILES string of the molecule is CC(Oc1ccc(Br)cc1Cl)c1noc(Cn2cncn2)n1. The first kappa shape index (κ1) is 15.0. The standard InChI is InChI=1S/C13H11BrClN5O2/c1-8(21-11-3-2-9(14)4-10(11)15)13-18-12(22-19-13)5-20-7-16-6-17-20/h2-4,6-8H,5H2,1H3. The highest BCUT2D eigenvalue weighted by molar-refractivity contribution is 9.10. The molecule has 7 nitrogen and oxygen atoms in total. The summed E-state index contributed by atoms with van der Waals surface area (Å²) < 4.78 is 13.4. The zero-order chi connectivity index (χ0) is 15.5. The minimum absolute atomic E-state index is 0.360. The van der Waals surface area contributed by atoms with Gasteiger partial charge in [-0.05, 0) is 25.1 Å². The van der Waals surface area contributed by atoms with E-state index in [2.05, 4.69) is 36.2 Å². The van der Waals surface area contributed by atoms with Crippen molar-refractivity contribution >= 4 is 27.5 Å². The number of rotatable bonds is 5. The molecule has 0 amide bonds. The van der Waals surface area contributed by atoms with Crippen molar-refractivity contribution in [3.63, 3.8) is 0 Å². The van der Waals surface area contributed by atoms with Crippen molar-refractivity contribution in [1.82, 2.24) is 24.9 Å². The summed E-state index contributed by atoms with van der Waals surface area (Å²) in [6.45, 7) is 2.18. The predicted molar refractivity (Wildman–Crippen MR) is 81.6 cm³/mol. The minimum atomic E-state index is -0.396. The molecule has 2 heterocycles. The Balaban J connectivity index is 1.69. The van der Waals surface area contributed by atoms with Crippen molar-refractivity contribution in [2.45, 2.75) is 19.6 Å². The maximum absolute atomic E-state index is 6.12. The maximum atomic E-state index is 6.12. The molecule has 0 N–H and O–H groups in total. The second kappa shape index (κ2) is 6.45. The summed E-state index contributed by atoms with van der Waals surface area (Å²) in [6.07, 6.45) is 2.62. The Morgan fingerprint density at radius 2 is 2.32 bits per heavy atom. The molecule has 9 heteroatoms. The molecular weight excluding hydrogens is 374 g/mol. The van der Waals surface area contributed by atoms with Crippen LogP contribution < -0.4 is 4.74 Å². The highest BCUT2D eigenvalue weighted by Crippen LogP contribution is 2.30. The van der Waals surface area contributed by atoms with Crippen LogP contribution in [0.2, 0.25) is 5.02 Å². The molecule has 0 saturated heterocycles. The lowest BCUT2D eigenvalue weighted by molar-refractivity contribution is 0.210. The molecule has 1 atom stereocenters. The second-order valence-electron chi connectivity index (χ2n) is 4.47. The van der Waals surface area contributed by atoms with Gasteiger partial charge in [-0.25, -0.2) is 9.67 Å². The lowest BCUT2D eigenvalue weighted by Crippen LogP contribution is -2.06. The van der Waals surface area contributed by atoms with Gasteiger partial charge >= 0.3 is 0 Å². The molecule has 1 unspecified atom stereocenters. The van der Waals surface area contributed by atoms with Crippen LogP contribution >= 0.6 is 27.5 Å². The topological polar surface area (TPSA) is 78.9 Å². The number of halogens is 2. The summed E-state index contributed by atoms with van der Waals surface area (Å²) in [5.41, 5.74) is 0. The molecule has 3 rings (SSSR count). The summed E-state index contributed by atoms with van der Waals surface area (Å²) in [5, 5.41) is 8.40. The van der Waals surface area contributed by atoms with E-state index in [4.69, 9.17) is 20.9 Å². The number of aromatic nitrogens is 5. The molecule has 0 spiro atoms. The van der Waals surface area contributed by atoms with Crippen molar-refractivity contribution in [2.24, 2.45) is 0 Å². The average molecular weight is 385 g/mol. The van der Waals surface area contributed by atoms with Gasteiger partial charge in [-0.1, -0.05) is 32.7 Å². The summed E-state index contributed by atoms with van der Waals surface area (Å²) in [5.74, 6) is 1.42. The predicted octanol–water partition coefficient (Wildman–Crippen LogP) is 3.27. The Morgan fingerprint density at radius 1 is 1.45 bits per heavy atom. The van der Waals surface area contributed by atoms with Crippen molar-refractivity contribution in [3.05, 3.63) is 52.1 Å². The summed E-state index contributed by atoms with van der Waals surface area (Å²) in [6, 6.07) is 5.38. The normalized spacial score (nSPS) is 12.3.